The predicted octanol–water partition coefficient (Wildman–Crippen LogP) is 0.910. The number of hydrogen-bond acceptors (Lipinski definition) is 5. The van der Waals surface area contributed by atoms with Crippen LogP contribution in [-0.2, 0) is 14.3 Å². The highest BCUT2D eigenvalue weighted by molar-refractivity contribution is 5.69. The van der Waals surface area contributed by atoms with Gasteiger partial charge in [-0.3, -0.25) is 4.79 Å². The van der Waals surface area contributed by atoms with Crippen molar-refractivity contribution in [2.75, 3.05) is 26.7 Å². The number of methoxy groups -OCH3 is 1. The van der Waals surface area contributed by atoms with Gasteiger partial charge in [-0.15, -0.1) is 0 Å². The van der Waals surface area contributed by atoms with E-state index in [1.54, 1.807) is 0 Å². The number of rotatable bonds is 4. The van der Waals surface area contributed by atoms with Crippen LogP contribution in [-0.4, -0.2) is 44.4 Å². The van der Waals surface area contributed by atoms with E-state index in [1.807, 2.05) is 20.8 Å². The first kappa shape index (κ1) is 15.8. The van der Waals surface area contributed by atoms with Gasteiger partial charge in [0.25, 0.3) is 0 Å². The standard InChI is InChI=1S/C13H24N2O4/c1-13(2,3)19-12(17)15-8-10-7-14-6-9(10)5-11(16)18-4/h9-10,14H,5-8H2,1-4H3,(H,15,17)/t9-,10+/m1/s1. The molecule has 1 aliphatic heterocycles. The van der Waals surface area contributed by atoms with E-state index in [9.17, 15) is 9.59 Å². The lowest BCUT2D eigenvalue weighted by molar-refractivity contribution is -0.141. The molecule has 0 aromatic heterocycles. The molecule has 1 amide bonds. The largest absolute Gasteiger partial charge is 0.469 e. The molecule has 1 saturated heterocycles. The minimum atomic E-state index is -0.497. The lowest BCUT2D eigenvalue weighted by Crippen LogP contribution is -2.37. The van der Waals surface area contributed by atoms with Crippen LogP contribution in [0.3, 0.4) is 0 Å². The second kappa shape index (κ2) is 6.75. The van der Waals surface area contributed by atoms with Crippen molar-refractivity contribution in [3.63, 3.8) is 0 Å². The Hall–Kier alpha value is -1.30. The van der Waals surface area contributed by atoms with Gasteiger partial charge in [0, 0.05) is 13.0 Å². The first-order valence-corrected chi connectivity index (χ1v) is 6.56. The van der Waals surface area contributed by atoms with Crippen LogP contribution in [0, 0.1) is 11.8 Å². The molecular weight excluding hydrogens is 248 g/mol. The summed E-state index contributed by atoms with van der Waals surface area (Å²) in [5, 5.41) is 5.97. The van der Waals surface area contributed by atoms with Crippen LogP contribution in [0.15, 0.2) is 0 Å². The lowest BCUT2D eigenvalue weighted by Gasteiger charge is -2.22. The third kappa shape index (κ3) is 5.92. The van der Waals surface area contributed by atoms with E-state index >= 15 is 0 Å². The van der Waals surface area contributed by atoms with Crippen molar-refractivity contribution in [3.8, 4) is 0 Å². The molecule has 0 unspecified atom stereocenters. The average molecular weight is 272 g/mol. The number of alkyl carbamates (subject to hydrolysis) is 1. The van der Waals surface area contributed by atoms with Crippen LogP contribution < -0.4 is 10.6 Å². The van der Waals surface area contributed by atoms with E-state index in [4.69, 9.17) is 4.74 Å². The minimum Gasteiger partial charge on any atom is -0.469 e. The molecule has 6 nitrogen and oxygen atoms in total. The summed E-state index contributed by atoms with van der Waals surface area (Å²) >= 11 is 0. The average Bonchev–Trinajstić information content (AvgIpc) is 2.71. The monoisotopic (exact) mass is 272 g/mol. The molecule has 0 aromatic carbocycles. The number of hydrogen-bond donors (Lipinski definition) is 2. The van der Waals surface area contributed by atoms with E-state index in [0.29, 0.717) is 13.0 Å². The molecule has 0 radical (unpaired) electrons. The first-order valence-electron chi connectivity index (χ1n) is 6.56. The summed E-state index contributed by atoms with van der Waals surface area (Å²) in [5.74, 6) is 0.213. The van der Waals surface area contributed by atoms with Crippen LogP contribution >= 0.6 is 0 Å². The van der Waals surface area contributed by atoms with Crippen LogP contribution in [0.1, 0.15) is 27.2 Å². The molecule has 0 aliphatic carbocycles. The molecule has 2 N–H and O–H groups in total. The Morgan fingerprint density at radius 2 is 1.89 bits per heavy atom. The molecule has 19 heavy (non-hydrogen) atoms. The number of carbonyl (C=O) groups excluding carboxylic acids is 2. The van der Waals surface area contributed by atoms with Gasteiger partial charge in [0.05, 0.1) is 7.11 Å². The highest BCUT2D eigenvalue weighted by atomic mass is 16.6. The van der Waals surface area contributed by atoms with Crippen LogP contribution in [0.2, 0.25) is 0 Å². The third-order valence-electron chi connectivity index (χ3n) is 3.04. The lowest BCUT2D eigenvalue weighted by atomic mass is 9.93. The topological polar surface area (TPSA) is 76.7 Å². The van der Waals surface area contributed by atoms with E-state index in [2.05, 4.69) is 15.4 Å². The van der Waals surface area contributed by atoms with Gasteiger partial charge in [-0.05, 0) is 45.7 Å². The number of carbonyl (C=O) groups is 2. The summed E-state index contributed by atoms with van der Waals surface area (Å²) in [5.41, 5.74) is -0.497. The molecule has 0 aromatic rings. The van der Waals surface area contributed by atoms with Gasteiger partial charge in [0.1, 0.15) is 5.60 Å². The summed E-state index contributed by atoms with van der Waals surface area (Å²) in [6, 6.07) is 0. The quantitative estimate of drug-likeness (QED) is 0.744. The maximum Gasteiger partial charge on any atom is 0.407 e. The molecule has 1 heterocycles. The molecule has 0 saturated carbocycles. The predicted molar refractivity (Wildman–Crippen MR) is 70.7 cm³/mol. The summed E-state index contributed by atoms with van der Waals surface area (Å²) in [7, 11) is 1.39. The van der Waals surface area contributed by atoms with Crippen molar-refractivity contribution in [1.82, 2.24) is 10.6 Å². The Morgan fingerprint density at radius 1 is 1.26 bits per heavy atom. The Bertz CT molecular complexity index is 325. The van der Waals surface area contributed by atoms with Crippen LogP contribution in [0.25, 0.3) is 0 Å². The summed E-state index contributed by atoms with van der Waals surface area (Å²) in [6.07, 6.45) is -0.0410. The zero-order chi connectivity index (χ0) is 14.5. The van der Waals surface area contributed by atoms with Gasteiger partial charge >= 0.3 is 12.1 Å². The Balaban J connectivity index is 2.35. The smallest absolute Gasteiger partial charge is 0.407 e. The van der Waals surface area contributed by atoms with Gasteiger partial charge in [-0.2, -0.15) is 0 Å². The van der Waals surface area contributed by atoms with E-state index in [-0.39, 0.29) is 17.8 Å². The second-order valence-corrected chi connectivity index (χ2v) is 5.84. The van der Waals surface area contributed by atoms with E-state index in [1.165, 1.54) is 7.11 Å². The van der Waals surface area contributed by atoms with Gasteiger partial charge in [-0.25, -0.2) is 4.79 Å². The summed E-state index contributed by atoms with van der Waals surface area (Å²) in [6.45, 7) is 7.54. The minimum absolute atomic E-state index is 0.197. The number of amides is 1. The molecule has 1 rings (SSSR count). The van der Waals surface area contributed by atoms with Gasteiger partial charge in [-0.1, -0.05) is 0 Å². The molecule has 110 valence electrons. The maximum absolute atomic E-state index is 11.6. The van der Waals surface area contributed by atoms with Crippen LogP contribution in [0.5, 0.6) is 0 Å². The molecular formula is C13H24N2O4. The first-order chi connectivity index (χ1) is 8.81. The highest BCUT2D eigenvalue weighted by Gasteiger charge is 2.30. The van der Waals surface area contributed by atoms with E-state index in [0.717, 1.165) is 13.1 Å². The summed E-state index contributed by atoms with van der Waals surface area (Å²) in [4.78, 5) is 22.8. The molecule has 1 fully saturated rings. The molecule has 2 atom stereocenters. The van der Waals surface area contributed by atoms with E-state index < -0.39 is 11.7 Å². The molecule has 1 aliphatic rings. The number of ether oxygens (including phenoxy) is 2. The second-order valence-electron chi connectivity index (χ2n) is 5.84. The van der Waals surface area contributed by atoms with Crippen molar-refractivity contribution in [2.24, 2.45) is 11.8 Å². The normalized spacial score (nSPS) is 22.9. The van der Waals surface area contributed by atoms with Gasteiger partial charge in [0.15, 0.2) is 0 Å². The molecule has 0 spiro atoms. The zero-order valence-electron chi connectivity index (χ0n) is 12.1. The summed E-state index contributed by atoms with van der Waals surface area (Å²) < 4.78 is 9.85. The van der Waals surface area contributed by atoms with Crippen molar-refractivity contribution in [1.29, 1.82) is 0 Å². The number of esters is 1. The van der Waals surface area contributed by atoms with Crippen molar-refractivity contribution >= 4 is 12.1 Å². The van der Waals surface area contributed by atoms with Crippen molar-refractivity contribution < 1.29 is 19.1 Å². The molecule has 0 bridgehead atoms. The molecule has 6 heteroatoms. The van der Waals surface area contributed by atoms with Crippen LogP contribution in [0.4, 0.5) is 4.79 Å². The zero-order valence-corrected chi connectivity index (χ0v) is 12.1. The van der Waals surface area contributed by atoms with Gasteiger partial charge < -0.3 is 20.1 Å². The fourth-order valence-corrected chi connectivity index (χ4v) is 2.09. The Labute approximate surface area is 114 Å². The SMILES string of the molecule is COC(=O)C[C@@H]1CNC[C@H]1CNC(=O)OC(C)(C)C. The fraction of sp³-hybridized carbons (Fsp3) is 0.846. The third-order valence-corrected chi connectivity index (χ3v) is 3.04. The van der Waals surface area contributed by atoms with Crippen molar-refractivity contribution in [2.45, 2.75) is 32.8 Å². The fourth-order valence-electron chi connectivity index (χ4n) is 2.09. The maximum atomic E-state index is 11.6. The Kier molecular flexibility index (Phi) is 5.60. The number of nitrogens with one attached hydrogen (secondary N) is 2. The van der Waals surface area contributed by atoms with Gasteiger partial charge in [0.2, 0.25) is 0 Å². The van der Waals surface area contributed by atoms with Crippen molar-refractivity contribution in [3.05, 3.63) is 0 Å². The Morgan fingerprint density at radius 3 is 2.47 bits per heavy atom. The highest BCUT2D eigenvalue weighted by Crippen LogP contribution is 2.20.